The van der Waals surface area contributed by atoms with Gasteiger partial charge in [0.05, 0.1) is 5.56 Å². The molecule has 0 unspecified atom stereocenters. The second-order valence-corrected chi connectivity index (χ2v) is 5.84. The maximum absolute atomic E-state index is 14.2. The minimum atomic E-state index is -0.492. The van der Waals surface area contributed by atoms with Crippen molar-refractivity contribution >= 4 is 17.6 Å². The van der Waals surface area contributed by atoms with Crippen molar-refractivity contribution in [1.82, 2.24) is 14.8 Å². The van der Waals surface area contributed by atoms with Crippen LogP contribution in [-0.2, 0) is 5.75 Å². The average molecular weight is 307 g/mol. The molecule has 0 saturated heterocycles. The van der Waals surface area contributed by atoms with Crippen molar-refractivity contribution in [2.75, 3.05) is 0 Å². The third-order valence-electron chi connectivity index (χ3n) is 3.31. The molecular weight excluding hydrogens is 293 g/mol. The molecule has 1 aliphatic rings. The number of nitrogen functional groups attached to an aromatic ring is 1. The van der Waals surface area contributed by atoms with E-state index in [0.717, 1.165) is 12.8 Å². The third-order valence-corrected chi connectivity index (χ3v) is 4.31. The summed E-state index contributed by atoms with van der Waals surface area (Å²) in [5.74, 6) is -0.466. The van der Waals surface area contributed by atoms with E-state index in [2.05, 4.69) is 10.2 Å². The van der Waals surface area contributed by atoms with E-state index in [0.29, 0.717) is 16.5 Å². The number of hydrogen-bond acceptors (Lipinski definition) is 4. The van der Waals surface area contributed by atoms with Crippen LogP contribution in [0.15, 0.2) is 28.2 Å². The Morgan fingerprint density at radius 1 is 1.57 bits per heavy atom. The molecule has 6 nitrogen and oxygen atoms in total. The number of thioether (sulfide) groups is 1. The maximum Gasteiger partial charge on any atom is 0.344 e. The van der Waals surface area contributed by atoms with Crippen LogP contribution in [0.2, 0.25) is 0 Å². The van der Waals surface area contributed by atoms with E-state index in [1.54, 1.807) is 16.7 Å². The summed E-state index contributed by atoms with van der Waals surface area (Å²) in [6, 6.07) is 4.99. The summed E-state index contributed by atoms with van der Waals surface area (Å²) in [5.41, 5.74) is 5.64. The Labute approximate surface area is 124 Å². The van der Waals surface area contributed by atoms with Gasteiger partial charge in [0.2, 0.25) is 0 Å². The summed E-state index contributed by atoms with van der Waals surface area (Å²) in [7, 11) is 0. The first kappa shape index (κ1) is 13.9. The largest absolute Gasteiger partial charge is 0.384 e. The van der Waals surface area contributed by atoms with Crippen molar-refractivity contribution in [2.45, 2.75) is 29.8 Å². The summed E-state index contributed by atoms with van der Waals surface area (Å²) >= 11 is 1.29. The predicted octanol–water partition coefficient (Wildman–Crippen LogP) is 1.62. The van der Waals surface area contributed by atoms with Crippen LogP contribution in [0.3, 0.4) is 0 Å². The highest BCUT2D eigenvalue weighted by Gasteiger charge is 2.28. The number of nitrogens with zero attached hydrogens (tertiary/aromatic N) is 2. The number of nitrogens with one attached hydrogen (secondary N) is 2. The molecule has 4 N–H and O–H groups in total. The van der Waals surface area contributed by atoms with Gasteiger partial charge < -0.3 is 5.73 Å². The first-order valence-electron chi connectivity index (χ1n) is 6.49. The zero-order chi connectivity index (χ0) is 15.0. The van der Waals surface area contributed by atoms with E-state index in [-0.39, 0.29) is 23.1 Å². The quantitative estimate of drug-likeness (QED) is 0.444. The van der Waals surface area contributed by atoms with Gasteiger partial charge in [0.15, 0.2) is 5.16 Å². The fourth-order valence-electron chi connectivity index (χ4n) is 2.09. The van der Waals surface area contributed by atoms with Crippen LogP contribution in [0.5, 0.6) is 0 Å². The van der Waals surface area contributed by atoms with Crippen LogP contribution < -0.4 is 11.4 Å². The van der Waals surface area contributed by atoms with Gasteiger partial charge >= 0.3 is 5.69 Å². The Balaban J connectivity index is 1.81. The van der Waals surface area contributed by atoms with E-state index in [1.165, 1.54) is 17.8 Å². The number of amidine groups is 1. The molecule has 1 aromatic carbocycles. The normalized spacial score (nSPS) is 14.3. The minimum Gasteiger partial charge on any atom is -0.384 e. The van der Waals surface area contributed by atoms with E-state index in [1.807, 2.05) is 0 Å². The predicted molar refractivity (Wildman–Crippen MR) is 78.1 cm³/mol. The standard InChI is InChI=1S/C13H14FN5OS/c14-10-7(2-1-3-9(10)11(15)16)6-21-13-18-17-12(20)19(13)8-4-5-8/h1-3,8H,4-6H2,(H3,15,16)(H,17,20). The first-order chi connectivity index (χ1) is 10.1. The minimum absolute atomic E-state index is 0.0923. The lowest BCUT2D eigenvalue weighted by Crippen LogP contribution is -2.16. The fraction of sp³-hybridized carbons (Fsp3) is 0.308. The summed E-state index contributed by atoms with van der Waals surface area (Å²) < 4.78 is 15.8. The van der Waals surface area contributed by atoms with E-state index in [4.69, 9.17) is 11.1 Å². The van der Waals surface area contributed by atoms with Crippen molar-refractivity contribution in [1.29, 1.82) is 5.41 Å². The van der Waals surface area contributed by atoms with Crippen molar-refractivity contribution < 1.29 is 4.39 Å². The molecule has 0 radical (unpaired) electrons. The Morgan fingerprint density at radius 2 is 2.33 bits per heavy atom. The van der Waals surface area contributed by atoms with Crippen LogP contribution in [-0.4, -0.2) is 20.6 Å². The Kier molecular flexibility index (Phi) is 3.54. The number of halogens is 1. The molecule has 1 fully saturated rings. The maximum atomic E-state index is 14.2. The number of rotatable bonds is 5. The van der Waals surface area contributed by atoms with Crippen LogP contribution in [0.4, 0.5) is 4.39 Å². The highest BCUT2D eigenvalue weighted by atomic mass is 32.2. The molecule has 8 heteroatoms. The SMILES string of the molecule is N=C(N)c1cccc(CSc2n[nH]c(=O)n2C2CC2)c1F. The van der Waals surface area contributed by atoms with Gasteiger partial charge in [-0.15, -0.1) is 5.10 Å². The number of hydrogen-bond donors (Lipinski definition) is 3. The van der Waals surface area contributed by atoms with Crippen LogP contribution in [0, 0.1) is 11.2 Å². The number of benzene rings is 1. The molecule has 110 valence electrons. The summed E-state index contributed by atoms with van der Waals surface area (Å²) in [6.45, 7) is 0. The monoisotopic (exact) mass is 307 g/mol. The summed E-state index contributed by atoms with van der Waals surface area (Å²) in [4.78, 5) is 11.7. The smallest absolute Gasteiger partial charge is 0.344 e. The van der Waals surface area contributed by atoms with E-state index in [9.17, 15) is 9.18 Å². The van der Waals surface area contributed by atoms with Crippen LogP contribution >= 0.6 is 11.8 Å². The van der Waals surface area contributed by atoms with Gasteiger partial charge in [-0.25, -0.2) is 14.3 Å². The molecule has 21 heavy (non-hydrogen) atoms. The lowest BCUT2D eigenvalue weighted by Gasteiger charge is -2.07. The van der Waals surface area contributed by atoms with Gasteiger partial charge in [0, 0.05) is 11.8 Å². The number of H-pyrrole nitrogens is 1. The second kappa shape index (κ2) is 5.36. The molecule has 0 amide bonds. The van der Waals surface area contributed by atoms with Gasteiger partial charge in [0.25, 0.3) is 0 Å². The average Bonchev–Trinajstić information content (AvgIpc) is 3.21. The van der Waals surface area contributed by atoms with Crippen LogP contribution in [0.1, 0.15) is 30.0 Å². The molecule has 0 spiro atoms. The molecular formula is C13H14FN5OS. The van der Waals surface area contributed by atoms with Crippen molar-refractivity contribution in [3.8, 4) is 0 Å². The zero-order valence-corrected chi connectivity index (χ0v) is 11.9. The fourth-order valence-corrected chi connectivity index (χ4v) is 3.08. The van der Waals surface area contributed by atoms with Gasteiger partial charge in [-0.2, -0.15) is 0 Å². The Hall–Kier alpha value is -2.09. The first-order valence-corrected chi connectivity index (χ1v) is 7.48. The molecule has 0 atom stereocenters. The molecule has 2 aromatic rings. The number of nitrogens with two attached hydrogens (primary N) is 1. The third kappa shape index (κ3) is 2.71. The van der Waals surface area contributed by atoms with Crippen molar-refractivity contribution in [3.63, 3.8) is 0 Å². The topological polar surface area (TPSA) is 101 Å². The second-order valence-electron chi connectivity index (χ2n) is 4.89. The highest BCUT2D eigenvalue weighted by Crippen LogP contribution is 2.36. The summed E-state index contributed by atoms with van der Waals surface area (Å²) in [6.07, 6.45) is 1.95. The van der Waals surface area contributed by atoms with Gasteiger partial charge in [-0.1, -0.05) is 23.9 Å². The van der Waals surface area contributed by atoms with Gasteiger partial charge in [-0.3, -0.25) is 9.98 Å². The van der Waals surface area contributed by atoms with Crippen molar-refractivity contribution in [3.05, 3.63) is 45.6 Å². The van der Waals surface area contributed by atoms with Gasteiger partial charge in [0.1, 0.15) is 11.7 Å². The van der Waals surface area contributed by atoms with E-state index >= 15 is 0 Å². The molecule has 3 rings (SSSR count). The Morgan fingerprint density at radius 3 is 3.00 bits per heavy atom. The van der Waals surface area contributed by atoms with E-state index < -0.39 is 5.82 Å². The van der Waals surface area contributed by atoms with Gasteiger partial charge in [-0.05, 0) is 24.5 Å². The molecule has 1 aliphatic carbocycles. The lowest BCUT2D eigenvalue weighted by molar-refractivity contribution is 0.613. The van der Waals surface area contributed by atoms with Crippen LogP contribution in [0.25, 0.3) is 0 Å². The molecule has 0 bridgehead atoms. The Bertz CT molecular complexity index is 749. The molecule has 1 aromatic heterocycles. The molecule has 1 heterocycles. The lowest BCUT2D eigenvalue weighted by atomic mass is 10.1. The zero-order valence-electron chi connectivity index (χ0n) is 11.1. The van der Waals surface area contributed by atoms with Crippen molar-refractivity contribution in [2.24, 2.45) is 5.73 Å². The number of aromatic amines is 1. The molecule has 0 aliphatic heterocycles. The highest BCUT2D eigenvalue weighted by molar-refractivity contribution is 7.98. The number of aromatic nitrogens is 3. The summed E-state index contributed by atoms with van der Waals surface area (Å²) in [5, 5.41) is 14.3. The molecule has 1 saturated carbocycles.